The van der Waals surface area contributed by atoms with Gasteiger partial charge in [0.05, 0.1) is 6.61 Å². The van der Waals surface area contributed by atoms with Crippen molar-refractivity contribution in [2.45, 2.75) is 51.0 Å². The molecule has 0 aliphatic heterocycles. The number of benzene rings is 1. The van der Waals surface area contributed by atoms with E-state index < -0.39 is 11.6 Å². The summed E-state index contributed by atoms with van der Waals surface area (Å²) in [7, 11) is 0. The fourth-order valence-electron chi connectivity index (χ4n) is 3.16. The van der Waals surface area contributed by atoms with E-state index in [9.17, 15) is 9.90 Å². The molecule has 0 heterocycles. The van der Waals surface area contributed by atoms with Crippen molar-refractivity contribution in [3.63, 3.8) is 0 Å². The van der Waals surface area contributed by atoms with Crippen LogP contribution in [0.15, 0.2) is 30.3 Å². The molecule has 0 aromatic heterocycles. The molecule has 3 heteroatoms. The first kappa shape index (κ1) is 15.0. The van der Waals surface area contributed by atoms with Crippen LogP contribution in [-0.4, -0.2) is 23.3 Å². The normalized spacial score (nSPS) is 25.8. The largest absolute Gasteiger partial charge is 0.464 e. The summed E-state index contributed by atoms with van der Waals surface area (Å²) in [6.07, 6.45) is 3.77. The molecule has 1 unspecified atom stereocenters. The molecule has 1 aliphatic rings. The molecule has 2 rings (SSSR count). The van der Waals surface area contributed by atoms with Crippen molar-refractivity contribution in [1.29, 1.82) is 0 Å². The summed E-state index contributed by atoms with van der Waals surface area (Å²) in [6, 6.07) is 10.5. The van der Waals surface area contributed by atoms with Gasteiger partial charge in [-0.15, -0.1) is 0 Å². The Bertz CT molecular complexity index is 431. The Kier molecular flexibility index (Phi) is 4.81. The topological polar surface area (TPSA) is 46.5 Å². The Morgan fingerprint density at radius 3 is 2.40 bits per heavy atom. The Balaban J connectivity index is 1.95. The lowest BCUT2D eigenvalue weighted by molar-refractivity contribution is -0.170. The highest BCUT2D eigenvalue weighted by atomic mass is 16.5. The van der Waals surface area contributed by atoms with Gasteiger partial charge >= 0.3 is 5.97 Å². The summed E-state index contributed by atoms with van der Waals surface area (Å²) in [5.74, 6) is 0.0649. The zero-order valence-corrected chi connectivity index (χ0v) is 12.3. The predicted octanol–water partition coefficient (Wildman–Crippen LogP) is 3.27. The zero-order chi connectivity index (χ0) is 14.6. The molecule has 0 saturated heterocycles. The minimum atomic E-state index is -1.35. The number of carbonyl (C=O) groups is 1. The number of hydrogen-bond donors (Lipinski definition) is 1. The van der Waals surface area contributed by atoms with Gasteiger partial charge in [0, 0.05) is 0 Å². The van der Waals surface area contributed by atoms with Crippen LogP contribution in [0.25, 0.3) is 0 Å². The quantitative estimate of drug-likeness (QED) is 0.858. The van der Waals surface area contributed by atoms with Gasteiger partial charge in [-0.3, -0.25) is 0 Å². The lowest BCUT2D eigenvalue weighted by Crippen LogP contribution is -2.45. The van der Waals surface area contributed by atoms with E-state index >= 15 is 0 Å². The number of esters is 1. The molecule has 3 nitrogen and oxygen atoms in total. The lowest BCUT2D eigenvalue weighted by atomic mass is 9.72. The van der Waals surface area contributed by atoms with Crippen molar-refractivity contribution >= 4 is 5.97 Å². The van der Waals surface area contributed by atoms with Gasteiger partial charge in [-0.25, -0.2) is 4.79 Å². The predicted molar refractivity (Wildman–Crippen MR) is 78.4 cm³/mol. The summed E-state index contributed by atoms with van der Waals surface area (Å²) in [5.41, 5.74) is 0.0132. The second kappa shape index (κ2) is 6.40. The van der Waals surface area contributed by atoms with Gasteiger partial charge in [-0.05, 0) is 56.9 Å². The van der Waals surface area contributed by atoms with Crippen LogP contribution in [0.1, 0.15) is 51.0 Å². The van der Waals surface area contributed by atoms with Crippen LogP contribution >= 0.6 is 0 Å². The van der Waals surface area contributed by atoms with E-state index in [0.717, 1.165) is 25.7 Å². The second-order valence-electron chi connectivity index (χ2n) is 5.83. The van der Waals surface area contributed by atoms with Crippen LogP contribution in [0, 0.1) is 5.92 Å². The van der Waals surface area contributed by atoms with Crippen molar-refractivity contribution in [2.24, 2.45) is 5.92 Å². The van der Waals surface area contributed by atoms with E-state index in [1.807, 2.05) is 6.07 Å². The van der Waals surface area contributed by atoms with Crippen LogP contribution in [0.5, 0.6) is 0 Å². The van der Waals surface area contributed by atoms with Crippen LogP contribution in [-0.2, 0) is 9.53 Å². The van der Waals surface area contributed by atoms with Gasteiger partial charge in [-0.2, -0.15) is 0 Å². The maximum Gasteiger partial charge on any atom is 0.338 e. The first-order valence-electron chi connectivity index (χ1n) is 7.50. The number of rotatable bonds is 4. The molecule has 0 bridgehead atoms. The van der Waals surface area contributed by atoms with Crippen molar-refractivity contribution in [2.75, 3.05) is 6.61 Å². The molecular formula is C17H24O3. The van der Waals surface area contributed by atoms with Gasteiger partial charge in [-0.1, -0.05) is 30.3 Å². The molecular weight excluding hydrogens is 252 g/mol. The fourth-order valence-corrected chi connectivity index (χ4v) is 3.16. The first-order chi connectivity index (χ1) is 9.55. The molecule has 1 aromatic carbocycles. The van der Waals surface area contributed by atoms with E-state index in [4.69, 9.17) is 4.74 Å². The van der Waals surface area contributed by atoms with E-state index in [0.29, 0.717) is 12.5 Å². The number of aliphatic hydroxyl groups is 1. The Hall–Kier alpha value is -1.35. The van der Waals surface area contributed by atoms with Gasteiger partial charge < -0.3 is 9.84 Å². The summed E-state index contributed by atoms with van der Waals surface area (Å²) >= 11 is 0. The third kappa shape index (κ3) is 3.21. The highest BCUT2D eigenvalue weighted by Crippen LogP contribution is 2.40. The monoisotopic (exact) mass is 276 g/mol. The highest BCUT2D eigenvalue weighted by Gasteiger charge is 2.42. The van der Waals surface area contributed by atoms with Gasteiger partial charge in [0.1, 0.15) is 0 Å². The Morgan fingerprint density at radius 2 is 1.85 bits per heavy atom. The number of carbonyl (C=O) groups excluding carboxylic acids is 1. The van der Waals surface area contributed by atoms with E-state index in [1.54, 1.807) is 13.8 Å². The highest BCUT2D eigenvalue weighted by molar-refractivity contribution is 5.79. The smallest absolute Gasteiger partial charge is 0.338 e. The molecule has 1 atom stereocenters. The molecule has 1 N–H and O–H groups in total. The lowest BCUT2D eigenvalue weighted by Gasteiger charge is -2.36. The van der Waals surface area contributed by atoms with Crippen LogP contribution in [0.2, 0.25) is 0 Å². The maximum absolute atomic E-state index is 11.8. The van der Waals surface area contributed by atoms with Crippen molar-refractivity contribution in [3.05, 3.63) is 35.9 Å². The third-order valence-electron chi connectivity index (χ3n) is 4.48. The van der Waals surface area contributed by atoms with Gasteiger partial charge in [0.15, 0.2) is 5.60 Å². The summed E-state index contributed by atoms with van der Waals surface area (Å²) in [5, 5.41) is 10.4. The fraction of sp³-hybridized carbons (Fsp3) is 0.588. The van der Waals surface area contributed by atoms with Gasteiger partial charge in [0.25, 0.3) is 0 Å². The molecule has 1 fully saturated rings. The zero-order valence-electron chi connectivity index (χ0n) is 12.3. The first-order valence-corrected chi connectivity index (χ1v) is 7.50. The van der Waals surface area contributed by atoms with E-state index in [-0.39, 0.29) is 5.92 Å². The molecule has 110 valence electrons. The standard InChI is InChI=1S/C17H24O3/c1-3-20-16(18)17(2,19)15-11-9-14(10-12-15)13-7-5-4-6-8-13/h4-8,14-15,19H,3,9-12H2,1-2H3. The molecule has 20 heavy (non-hydrogen) atoms. The van der Waals surface area contributed by atoms with Crippen LogP contribution in [0.3, 0.4) is 0 Å². The number of ether oxygens (including phenoxy) is 1. The minimum absolute atomic E-state index is 0.00140. The average Bonchev–Trinajstić information content (AvgIpc) is 2.48. The molecule has 0 amide bonds. The van der Waals surface area contributed by atoms with Crippen molar-refractivity contribution in [3.8, 4) is 0 Å². The molecule has 1 aromatic rings. The third-order valence-corrected chi connectivity index (χ3v) is 4.48. The van der Waals surface area contributed by atoms with Crippen LogP contribution in [0.4, 0.5) is 0 Å². The maximum atomic E-state index is 11.8. The summed E-state index contributed by atoms with van der Waals surface area (Å²) in [6.45, 7) is 3.67. The Morgan fingerprint density at radius 1 is 1.25 bits per heavy atom. The van der Waals surface area contributed by atoms with Gasteiger partial charge in [0.2, 0.25) is 0 Å². The SMILES string of the molecule is CCOC(=O)C(C)(O)C1CCC(c2ccccc2)CC1. The Labute approximate surface area is 121 Å². The van der Waals surface area contributed by atoms with Crippen molar-refractivity contribution in [1.82, 2.24) is 0 Å². The van der Waals surface area contributed by atoms with Crippen molar-refractivity contribution < 1.29 is 14.6 Å². The molecule has 0 radical (unpaired) electrons. The average molecular weight is 276 g/mol. The minimum Gasteiger partial charge on any atom is -0.464 e. The second-order valence-corrected chi connectivity index (χ2v) is 5.83. The molecule has 1 aliphatic carbocycles. The van der Waals surface area contributed by atoms with E-state index in [2.05, 4.69) is 24.3 Å². The number of hydrogen-bond acceptors (Lipinski definition) is 3. The van der Waals surface area contributed by atoms with E-state index in [1.165, 1.54) is 5.56 Å². The molecule has 1 saturated carbocycles. The molecule has 0 spiro atoms. The van der Waals surface area contributed by atoms with Crippen LogP contribution < -0.4 is 0 Å². The summed E-state index contributed by atoms with van der Waals surface area (Å²) < 4.78 is 4.98. The summed E-state index contributed by atoms with van der Waals surface area (Å²) in [4.78, 5) is 11.8.